The number of allylic oxidation sites excluding steroid dienone is 2. The van der Waals surface area contributed by atoms with Gasteiger partial charge in [-0.05, 0) is 62.2 Å². The van der Waals surface area contributed by atoms with Crippen molar-refractivity contribution in [3.63, 3.8) is 0 Å². The molecule has 5 rings (SSSR count). The second kappa shape index (κ2) is 3.37. The molecule has 1 aliphatic heterocycles. The number of fused-ring (bicyclic) bond motifs is 12. The topological polar surface area (TPSA) is 37.4 Å². The van der Waals surface area contributed by atoms with E-state index in [1.165, 1.54) is 6.42 Å². The number of imide groups is 1. The molecule has 0 radical (unpaired) electrons. The molecule has 1 saturated heterocycles. The Hall–Kier alpha value is -1.12. The van der Waals surface area contributed by atoms with Gasteiger partial charge in [0.1, 0.15) is 0 Å². The van der Waals surface area contributed by atoms with Crippen LogP contribution in [-0.2, 0) is 9.59 Å². The van der Waals surface area contributed by atoms with Crippen molar-refractivity contribution in [2.24, 2.45) is 47.3 Å². The van der Waals surface area contributed by atoms with Crippen LogP contribution in [0.15, 0.2) is 12.2 Å². The van der Waals surface area contributed by atoms with E-state index in [2.05, 4.69) is 12.2 Å². The van der Waals surface area contributed by atoms with Crippen molar-refractivity contribution in [3.8, 4) is 0 Å². The van der Waals surface area contributed by atoms with E-state index in [4.69, 9.17) is 0 Å². The fourth-order valence-electron chi connectivity index (χ4n) is 6.65. The summed E-state index contributed by atoms with van der Waals surface area (Å²) in [6.45, 7) is 3.93. The first-order valence-electron chi connectivity index (χ1n) is 8.15. The van der Waals surface area contributed by atoms with Crippen molar-refractivity contribution < 1.29 is 9.59 Å². The highest BCUT2D eigenvalue weighted by Crippen LogP contribution is 2.70. The van der Waals surface area contributed by atoms with Gasteiger partial charge in [-0.25, -0.2) is 0 Å². The Morgan fingerprint density at radius 3 is 1.90 bits per heavy atom. The van der Waals surface area contributed by atoms with Crippen molar-refractivity contribution in [2.45, 2.75) is 32.7 Å². The molecule has 106 valence electrons. The summed E-state index contributed by atoms with van der Waals surface area (Å²) in [4.78, 5) is 27.0. The van der Waals surface area contributed by atoms with Crippen LogP contribution >= 0.6 is 0 Å². The minimum absolute atomic E-state index is 0.0229. The molecule has 2 amide bonds. The van der Waals surface area contributed by atoms with Crippen molar-refractivity contribution in [1.82, 2.24) is 4.90 Å². The van der Waals surface area contributed by atoms with E-state index < -0.39 is 0 Å². The summed E-state index contributed by atoms with van der Waals surface area (Å²) in [7, 11) is 0. The molecule has 0 spiro atoms. The number of hydrogen-bond donors (Lipinski definition) is 0. The second-order valence-electron chi connectivity index (χ2n) is 7.86. The Morgan fingerprint density at radius 1 is 0.950 bits per heavy atom. The Bertz CT molecular complexity index is 509. The van der Waals surface area contributed by atoms with Crippen LogP contribution < -0.4 is 0 Å². The maximum Gasteiger partial charge on any atom is 0.233 e. The Morgan fingerprint density at radius 2 is 1.45 bits per heavy atom. The first-order valence-corrected chi connectivity index (χ1v) is 8.15. The number of likely N-dealkylation sites (tertiary alicyclic amines) is 1. The maximum absolute atomic E-state index is 12.7. The molecule has 8 atom stereocenters. The maximum atomic E-state index is 12.7. The van der Waals surface area contributed by atoms with Crippen molar-refractivity contribution in [3.05, 3.63) is 12.2 Å². The summed E-state index contributed by atoms with van der Waals surface area (Å²) in [6, 6.07) is 0.0229. The van der Waals surface area contributed by atoms with Gasteiger partial charge < -0.3 is 0 Å². The van der Waals surface area contributed by atoms with Gasteiger partial charge in [0.05, 0.1) is 11.8 Å². The zero-order chi connectivity index (χ0) is 13.8. The van der Waals surface area contributed by atoms with Gasteiger partial charge in [0.15, 0.2) is 0 Å². The Kier molecular flexibility index (Phi) is 1.94. The predicted octanol–water partition coefficient (Wildman–Crippen LogP) is 2.08. The lowest BCUT2D eigenvalue weighted by Gasteiger charge is -2.36. The fraction of sp³-hybridized carbons (Fsp3) is 0.765. The number of nitrogens with zero attached hydrogens (tertiary/aromatic N) is 1. The van der Waals surface area contributed by atoms with Crippen LogP contribution in [0.5, 0.6) is 0 Å². The zero-order valence-corrected chi connectivity index (χ0v) is 12.0. The summed E-state index contributed by atoms with van der Waals surface area (Å²) in [5.41, 5.74) is 0. The van der Waals surface area contributed by atoms with Crippen LogP contribution in [0.25, 0.3) is 0 Å². The average Bonchev–Trinajstić information content (AvgIpc) is 3.14. The minimum Gasteiger partial charge on any atom is -0.280 e. The third-order valence-electron chi connectivity index (χ3n) is 6.99. The highest BCUT2D eigenvalue weighted by molar-refractivity contribution is 6.06. The molecule has 4 fully saturated rings. The number of carbonyl (C=O) groups is 2. The van der Waals surface area contributed by atoms with Crippen molar-refractivity contribution in [2.75, 3.05) is 0 Å². The van der Waals surface area contributed by atoms with Gasteiger partial charge in [0, 0.05) is 6.04 Å². The molecule has 4 aliphatic carbocycles. The van der Waals surface area contributed by atoms with E-state index in [0.717, 1.165) is 6.42 Å². The van der Waals surface area contributed by atoms with Crippen LogP contribution in [0.3, 0.4) is 0 Å². The molecule has 0 aromatic heterocycles. The highest BCUT2D eigenvalue weighted by atomic mass is 16.2. The Balaban J connectivity index is 1.57. The van der Waals surface area contributed by atoms with E-state index in [1.54, 1.807) is 4.90 Å². The van der Waals surface area contributed by atoms with Gasteiger partial charge >= 0.3 is 0 Å². The first-order chi connectivity index (χ1) is 9.59. The first kappa shape index (κ1) is 11.5. The normalized spacial score (nSPS) is 54.5. The molecule has 1 heterocycles. The standard InChI is InChI=1S/C17H21NO2/c1-7(2)18-16(19)14-10-6-11(15(14)17(18)20)13-9-4-3-8(5-9)12(10)13/h3-4,7-15H,5-6H2,1-2H3. The molecule has 8 unspecified atom stereocenters. The van der Waals surface area contributed by atoms with Gasteiger partial charge in [-0.3, -0.25) is 14.5 Å². The monoisotopic (exact) mass is 271 g/mol. The fourth-order valence-corrected chi connectivity index (χ4v) is 6.65. The number of rotatable bonds is 1. The number of hydrogen-bond acceptors (Lipinski definition) is 2. The lowest BCUT2D eigenvalue weighted by molar-refractivity contribution is -0.142. The van der Waals surface area contributed by atoms with Crippen LogP contribution in [0, 0.1) is 47.3 Å². The molecular weight excluding hydrogens is 250 g/mol. The second-order valence-corrected chi connectivity index (χ2v) is 7.86. The third-order valence-corrected chi connectivity index (χ3v) is 6.99. The van der Waals surface area contributed by atoms with Gasteiger partial charge in [-0.1, -0.05) is 12.2 Å². The molecule has 3 nitrogen and oxygen atoms in total. The summed E-state index contributed by atoms with van der Waals surface area (Å²) >= 11 is 0. The van der Waals surface area contributed by atoms with Gasteiger partial charge in [0.2, 0.25) is 11.8 Å². The van der Waals surface area contributed by atoms with E-state index in [1.807, 2.05) is 13.8 Å². The van der Waals surface area contributed by atoms with Gasteiger partial charge in [-0.15, -0.1) is 0 Å². The average molecular weight is 271 g/mol. The van der Waals surface area contributed by atoms with E-state index >= 15 is 0 Å². The molecule has 0 N–H and O–H groups in total. The van der Waals surface area contributed by atoms with E-state index in [0.29, 0.717) is 35.5 Å². The summed E-state index contributed by atoms with van der Waals surface area (Å²) in [5.74, 6) is 4.17. The number of carbonyl (C=O) groups excluding carboxylic acids is 2. The SMILES string of the molecule is CC(C)N1C(=O)C2C3CC(C2C1=O)C1C2C=CC(C2)C31. The molecular formula is C17H21NO2. The van der Waals surface area contributed by atoms with Crippen LogP contribution in [-0.4, -0.2) is 22.8 Å². The lowest BCUT2D eigenvalue weighted by Crippen LogP contribution is -2.38. The lowest BCUT2D eigenvalue weighted by atomic mass is 9.65. The van der Waals surface area contributed by atoms with Crippen molar-refractivity contribution in [1.29, 1.82) is 0 Å². The minimum atomic E-state index is 0.0229. The van der Waals surface area contributed by atoms with Crippen LogP contribution in [0.1, 0.15) is 26.7 Å². The quantitative estimate of drug-likeness (QED) is 0.416. The summed E-state index contributed by atoms with van der Waals surface area (Å²) in [6.07, 6.45) is 7.22. The summed E-state index contributed by atoms with van der Waals surface area (Å²) in [5, 5.41) is 0. The Labute approximate surface area is 119 Å². The van der Waals surface area contributed by atoms with Crippen LogP contribution in [0.4, 0.5) is 0 Å². The summed E-state index contributed by atoms with van der Waals surface area (Å²) < 4.78 is 0. The largest absolute Gasteiger partial charge is 0.280 e. The molecule has 3 heteroatoms. The molecule has 5 aliphatic rings. The molecule has 20 heavy (non-hydrogen) atoms. The van der Waals surface area contributed by atoms with Gasteiger partial charge in [-0.2, -0.15) is 0 Å². The zero-order valence-electron chi connectivity index (χ0n) is 12.0. The molecule has 0 aromatic carbocycles. The van der Waals surface area contributed by atoms with Crippen molar-refractivity contribution >= 4 is 11.8 Å². The smallest absolute Gasteiger partial charge is 0.233 e. The third kappa shape index (κ3) is 1.04. The van der Waals surface area contributed by atoms with E-state index in [-0.39, 0.29) is 29.7 Å². The van der Waals surface area contributed by atoms with Crippen LogP contribution in [0.2, 0.25) is 0 Å². The molecule has 0 aromatic rings. The highest BCUT2D eigenvalue weighted by Gasteiger charge is 2.71. The van der Waals surface area contributed by atoms with E-state index in [9.17, 15) is 9.59 Å². The molecule has 4 bridgehead atoms. The predicted molar refractivity (Wildman–Crippen MR) is 73.3 cm³/mol. The van der Waals surface area contributed by atoms with Gasteiger partial charge in [0.25, 0.3) is 0 Å². The molecule has 3 saturated carbocycles. The number of amides is 2.